The van der Waals surface area contributed by atoms with Gasteiger partial charge in [-0.3, -0.25) is 9.59 Å². The molecule has 3 aromatic rings. The Morgan fingerprint density at radius 3 is 2.77 bits per heavy atom. The molecule has 7 heteroatoms. The molecule has 0 unspecified atom stereocenters. The molecule has 0 aliphatic rings. The second-order valence-corrected chi connectivity index (χ2v) is 5.42. The topological polar surface area (TPSA) is 93.6 Å². The van der Waals surface area contributed by atoms with Gasteiger partial charge in [0.2, 0.25) is 0 Å². The van der Waals surface area contributed by atoms with Crippen LogP contribution in [0.3, 0.4) is 0 Å². The number of hydrogen-bond acceptors (Lipinski definition) is 5. The highest BCUT2D eigenvalue weighted by Crippen LogP contribution is 2.19. The third-order valence-corrected chi connectivity index (χ3v) is 3.59. The fraction of sp³-hybridized carbons (Fsp3) is 0.158. The van der Waals surface area contributed by atoms with Crippen molar-refractivity contribution in [3.05, 3.63) is 70.7 Å². The normalized spacial score (nSPS) is 10.5. The summed E-state index contributed by atoms with van der Waals surface area (Å²) < 4.78 is 15.7. The summed E-state index contributed by atoms with van der Waals surface area (Å²) in [6.45, 7) is 0.871. The highest BCUT2D eigenvalue weighted by molar-refractivity contribution is 6.04. The van der Waals surface area contributed by atoms with E-state index in [1.165, 1.54) is 12.3 Å². The molecule has 26 heavy (non-hydrogen) atoms. The molecule has 0 atom stereocenters. The minimum atomic E-state index is -0.508. The number of amides is 1. The van der Waals surface area contributed by atoms with E-state index in [2.05, 4.69) is 10.3 Å². The number of aromatic amines is 1. The minimum Gasteiger partial charge on any atom is -0.491 e. The predicted octanol–water partition coefficient (Wildman–Crippen LogP) is 2.91. The third kappa shape index (κ3) is 4.20. The number of ether oxygens (including phenoxy) is 2. The molecule has 2 aromatic heterocycles. The van der Waals surface area contributed by atoms with Gasteiger partial charge in [0, 0.05) is 18.9 Å². The summed E-state index contributed by atoms with van der Waals surface area (Å²) in [4.78, 5) is 27.2. The van der Waals surface area contributed by atoms with Crippen molar-refractivity contribution in [3.63, 3.8) is 0 Å². The number of aromatic nitrogens is 1. The van der Waals surface area contributed by atoms with Crippen molar-refractivity contribution in [2.75, 3.05) is 25.6 Å². The summed E-state index contributed by atoms with van der Waals surface area (Å²) in [5, 5.41) is 2.69. The Morgan fingerprint density at radius 1 is 1.15 bits per heavy atom. The van der Waals surface area contributed by atoms with Crippen molar-refractivity contribution in [1.29, 1.82) is 0 Å². The Hall–Kier alpha value is -3.32. The SMILES string of the molecule is COCCOc1cccc(NC(=O)c2ccc(-c3ccco3)[nH]c2=O)c1. The van der Waals surface area contributed by atoms with E-state index in [9.17, 15) is 9.59 Å². The van der Waals surface area contributed by atoms with Crippen molar-refractivity contribution in [3.8, 4) is 17.2 Å². The van der Waals surface area contributed by atoms with E-state index in [4.69, 9.17) is 13.9 Å². The Bertz CT molecular complexity index is 931. The van der Waals surface area contributed by atoms with Gasteiger partial charge < -0.3 is 24.2 Å². The Labute approximate surface area is 149 Å². The van der Waals surface area contributed by atoms with Gasteiger partial charge in [0.15, 0.2) is 0 Å². The summed E-state index contributed by atoms with van der Waals surface area (Å²) in [6.07, 6.45) is 1.51. The molecule has 0 spiro atoms. The molecular formula is C19H18N2O5. The summed E-state index contributed by atoms with van der Waals surface area (Å²) in [5.74, 6) is 0.614. The molecule has 1 amide bonds. The van der Waals surface area contributed by atoms with Gasteiger partial charge in [0.05, 0.1) is 18.6 Å². The van der Waals surface area contributed by atoms with Crippen LogP contribution < -0.4 is 15.6 Å². The smallest absolute Gasteiger partial charge is 0.261 e. The van der Waals surface area contributed by atoms with E-state index in [0.29, 0.717) is 36.1 Å². The van der Waals surface area contributed by atoms with Gasteiger partial charge >= 0.3 is 0 Å². The number of carbonyl (C=O) groups is 1. The second-order valence-electron chi connectivity index (χ2n) is 5.42. The molecular weight excluding hydrogens is 336 g/mol. The number of H-pyrrole nitrogens is 1. The molecule has 0 fully saturated rings. The molecule has 0 saturated carbocycles. The van der Waals surface area contributed by atoms with Crippen LogP contribution in [-0.4, -0.2) is 31.2 Å². The van der Waals surface area contributed by atoms with Gasteiger partial charge in [-0.1, -0.05) is 6.07 Å². The maximum Gasteiger partial charge on any atom is 0.261 e. The molecule has 2 N–H and O–H groups in total. The Kier molecular flexibility index (Phi) is 5.50. The molecule has 1 aromatic carbocycles. The first-order valence-corrected chi connectivity index (χ1v) is 7.98. The van der Waals surface area contributed by atoms with Gasteiger partial charge in [-0.2, -0.15) is 0 Å². The van der Waals surface area contributed by atoms with Gasteiger partial charge in [-0.15, -0.1) is 0 Å². The quantitative estimate of drug-likeness (QED) is 0.636. The number of anilines is 1. The van der Waals surface area contributed by atoms with Crippen LogP contribution in [-0.2, 0) is 4.74 Å². The average Bonchev–Trinajstić information content (AvgIpc) is 3.17. The van der Waals surface area contributed by atoms with Crippen molar-refractivity contribution in [2.24, 2.45) is 0 Å². The number of carbonyl (C=O) groups excluding carboxylic acids is 1. The lowest BCUT2D eigenvalue weighted by molar-refractivity contribution is 0.102. The van der Waals surface area contributed by atoms with Crippen molar-refractivity contribution in [1.82, 2.24) is 4.98 Å². The lowest BCUT2D eigenvalue weighted by Crippen LogP contribution is -2.23. The maximum absolute atomic E-state index is 12.4. The number of methoxy groups -OCH3 is 1. The number of furan rings is 1. The number of nitrogens with one attached hydrogen (secondary N) is 2. The molecule has 2 heterocycles. The van der Waals surface area contributed by atoms with Crippen molar-refractivity contribution >= 4 is 11.6 Å². The van der Waals surface area contributed by atoms with Crippen molar-refractivity contribution in [2.45, 2.75) is 0 Å². The van der Waals surface area contributed by atoms with Crippen LogP contribution in [0.15, 0.2) is 64.0 Å². The van der Waals surface area contributed by atoms with Crippen LogP contribution in [0.5, 0.6) is 5.75 Å². The van der Waals surface area contributed by atoms with E-state index >= 15 is 0 Å². The summed E-state index contributed by atoms with van der Waals surface area (Å²) >= 11 is 0. The lowest BCUT2D eigenvalue weighted by Gasteiger charge is -2.09. The molecule has 0 saturated heterocycles. The zero-order chi connectivity index (χ0) is 18.4. The predicted molar refractivity (Wildman–Crippen MR) is 96.5 cm³/mol. The van der Waals surface area contributed by atoms with E-state index in [1.54, 1.807) is 49.6 Å². The molecule has 0 aliphatic carbocycles. The highest BCUT2D eigenvalue weighted by atomic mass is 16.5. The van der Waals surface area contributed by atoms with E-state index in [0.717, 1.165) is 0 Å². The van der Waals surface area contributed by atoms with Crippen LogP contribution in [0.4, 0.5) is 5.69 Å². The number of benzene rings is 1. The molecule has 0 radical (unpaired) electrons. The van der Waals surface area contributed by atoms with E-state index in [1.807, 2.05) is 0 Å². The van der Waals surface area contributed by atoms with Gasteiger partial charge in [0.25, 0.3) is 11.5 Å². The Morgan fingerprint density at radius 2 is 2.04 bits per heavy atom. The number of rotatable bonds is 7. The van der Waals surface area contributed by atoms with Gasteiger partial charge in [0.1, 0.15) is 23.7 Å². The van der Waals surface area contributed by atoms with Crippen LogP contribution in [0.2, 0.25) is 0 Å². The van der Waals surface area contributed by atoms with Crippen LogP contribution in [0, 0.1) is 0 Å². The Balaban J connectivity index is 1.72. The number of pyridine rings is 1. The van der Waals surface area contributed by atoms with E-state index < -0.39 is 11.5 Å². The maximum atomic E-state index is 12.4. The first kappa shape index (κ1) is 17.5. The summed E-state index contributed by atoms with van der Waals surface area (Å²) in [6, 6.07) is 13.4. The zero-order valence-electron chi connectivity index (χ0n) is 14.2. The van der Waals surface area contributed by atoms with Crippen molar-refractivity contribution < 1.29 is 18.7 Å². The molecule has 7 nitrogen and oxygen atoms in total. The fourth-order valence-corrected chi connectivity index (χ4v) is 2.33. The fourth-order valence-electron chi connectivity index (χ4n) is 2.33. The second kappa shape index (κ2) is 8.17. The molecule has 0 bridgehead atoms. The third-order valence-electron chi connectivity index (χ3n) is 3.59. The first-order valence-electron chi connectivity index (χ1n) is 7.98. The molecule has 0 aliphatic heterocycles. The first-order chi connectivity index (χ1) is 12.7. The summed E-state index contributed by atoms with van der Waals surface area (Å²) in [7, 11) is 1.59. The minimum absolute atomic E-state index is 0.00557. The van der Waals surface area contributed by atoms with Crippen LogP contribution in [0.1, 0.15) is 10.4 Å². The van der Waals surface area contributed by atoms with Crippen LogP contribution in [0.25, 0.3) is 11.5 Å². The monoisotopic (exact) mass is 354 g/mol. The van der Waals surface area contributed by atoms with Gasteiger partial charge in [-0.25, -0.2) is 0 Å². The standard InChI is InChI=1S/C19H18N2O5/c1-24-10-11-25-14-5-2-4-13(12-14)20-18(22)15-7-8-16(21-19(15)23)17-6-3-9-26-17/h2-9,12H,10-11H2,1H3,(H,20,22)(H,21,23). The molecule has 3 rings (SSSR count). The molecule has 134 valence electrons. The largest absolute Gasteiger partial charge is 0.491 e. The lowest BCUT2D eigenvalue weighted by atomic mass is 10.2. The van der Waals surface area contributed by atoms with Crippen LogP contribution >= 0.6 is 0 Å². The average molecular weight is 354 g/mol. The zero-order valence-corrected chi connectivity index (χ0v) is 14.2. The number of hydrogen-bond donors (Lipinski definition) is 2. The van der Waals surface area contributed by atoms with E-state index in [-0.39, 0.29) is 5.56 Å². The highest BCUT2D eigenvalue weighted by Gasteiger charge is 2.13. The van der Waals surface area contributed by atoms with Gasteiger partial charge in [-0.05, 0) is 36.4 Å². The summed E-state index contributed by atoms with van der Waals surface area (Å²) in [5.41, 5.74) is 0.541.